The lowest BCUT2D eigenvalue weighted by Gasteiger charge is -1.84. The first-order chi connectivity index (χ1) is 5.83. The average Bonchev–Trinajstić information content (AvgIpc) is 2.12. The van der Waals surface area contributed by atoms with Crippen LogP contribution in [0.15, 0.2) is 0 Å². The molecule has 0 N–H and O–H groups in total. The minimum absolute atomic E-state index is 0.827. The Kier molecular flexibility index (Phi) is 22.1. The van der Waals surface area contributed by atoms with Crippen molar-refractivity contribution in [2.75, 3.05) is 11.8 Å². The van der Waals surface area contributed by atoms with Gasteiger partial charge >= 0.3 is 0 Å². The largest absolute Gasteiger partial charge is 0.127 e. The molecule has 76 valence electrons. The lowest BCUT2D eigenvalue weighted by Crippen LogP contribution is -1.70. The molecule has 12 heavy (non-hydrogen) atoms. The van der Waals surface area contributed by atoms with Crippen LogP contribution in [-0.4, -0.2) is 11.8 Å². The summed E-state index contributed by atoms with van der Waals surface area (Å²) < 4.78 is 0. The Bertz CT molecular complexity index is 39.8. The molecule has 0 atom stereocenters. The summed E-state index contributed by atoms with van der Waals surface area (Å²) in [5.74, 6) is 1.65. The molecule has 0 heterocycles. The summed E-state index contributed by atoms with van der Waals surface area (Å²) in [4.78, 5) is 0. The molecule has 0 aromatic rings. The van der Waals surface area contributed by atoms with Gasteiger partial charge in [0.05, 0.1) is 0 Å². The highest BCUT2D eigenvalue weighted by Crippen LogP contribution is 1.94. The smallest absolute Gasteiger partial charge is 0.0223 e. The van der Waals surface area contributed by atoms with Crippen LogP contribution < -0.4 is 0 Å². The van der Waals surface area contributed by atoms with Gasteiger partial charge in [-0.2, -0.15) is 0 Å². The third-order valence-corrected chi connectivity index (χ3v) is 2.01. The summed E-state index contributed by atoms with van der Waals surface area (Å²) >= 11 is 10.8. The van der Waals surface area contributed by atoms with E-state index in [1.807, 2.05) is 0 Å². The summed E-state index contributed by atoms with van der Waals surface area (Å²) in [5, 5.41) is 0. The summed E-state index contributed by atoms with van der Waals surface area (Å²) in [7, 11) is 0. The van der Waals surface area contributed by atoms with Gasteiger partial charge in [-0.05, 0) is 12.8 Å². The van der Waals surface area contributed by atoms with Crippen LogP contribution in [0.3, 0.4) is 0 Å². The maximum atomic E-state index is 5.38. The molecule has 0 fully saturated rings. The lowest BCUT2D eigenvalue weighted by atomic mass is 10.3. The number of rotatable bonds is 6. The topological polar surface area (TPSA) is 0 Å². The van der Waals surface area contributed by atoms with Crippen LogP contribution in [0, 0.1) is 0 Å². The molecule has 0 unspecified atom stereocenters. The second-order valence-corrected chi connectivity index (χ2v) is 3.55. The highest BCUT2D eigenvalue weighted by Gasteiger charge is 1.77. The van der Waals surface area contributed by atoms with E-state index in [0.29, 0.717) is 0 Å². The minimum atomic E-state index is 0.827. The van der Waals surface area contributed by atoms with Gasteiger partial charge in [-0.1, -0.05) is 39.5 Å². The zero-order valence-corrected chi connectivity index (χ0v) is 9.92. The third-order valence-electron chi connectivity index (χ3n) is 1.47. The van der Waals surface area contributed by atoms with Crippen molar-refractivity contribution in [1.82, 2.24) is 0 Å². The molecule has 0 nitrogen and oxygen atoms in total. The first-order valence-corrected chi connectivity index (χ1v) is 6.02. The lowest BCUT2D eigenvalue weighted by molar-refractivity contribution is 0.776. The highest BCUT2D eigenvalue weighted by molar-refractivity contribution is 6.18. The molecule has 0 aliphatic heterocycles. The number of halogens is 2. The molecule has 0 aliphatic rings. The highest BCUT2D eigenvalue weighted by atomic mass is 35.5. The maximum absolute atomic E-state index is 5.38. The Hall–Kier alpha value is 0.580. The molecule has 0 saturated heterocycles. The van der Waals surface area contributed by atoms with Crippen molar-refractivity contribution in [1.29, 1.82) is 0 Å². The van der Waals surface area contributed by atoms with Crippen LogP contribution in [0.2, 0.25) is 0 Å². The first kappa shape index (κ1) is 15.1. The van der Waals surface area contributed by atoms with Gasteiger partial charge in [0.15, 0.2) is 0 Å². The van der Waals surface area contributed by atoms with Crippen molar-refractivity contribution < 1.29 is 0 Å². The van der Waals surface area contributed by atoms with Crippen molar-refractivity contribution in [3.05, 3.63) is 0 Å². The Morgan fingerprint density at radius 3 is 1.08 bits per heavy atom. The third kappa shape index (κ3) is 22.4. The minimum Gasteiger partial charge on any atom is -0.127 e. The SMILES string of the molecule is CCCCCCl.CCCCCCl. The van der Waals surface area contributed by atoms with E-state index in [9.17, 15) is 0 Å². The molecule has 0 aromatic heterocycles. The zero-order valence-electron chi connectivity index (χ0n) is 8.41. The average molecular weight is 213 g/mol. The van der Waals surface area contributed by atoms with E-state index in [1.165, 1.54) is 38.5 Å². The summed E-state index contributed by atoms with van der Waals surface area (Å²) in [6.45, 7) is 4.35. The van der Waals surface area contributed by atoms with Crippen molar-refractivity contribution in [2.45, 2.75) is 52.4 Å². The number of hydrogen-bond donors (Lipinski definition) is 0. The van der Waals surface area contributed by atoms with Gasteiger partial charge in [0.25, 0.3) is 0 Å². The fourth-order valence-electron chi connectivity index (χ4n) is 0.689. The zero-order chi connectivity index (χ0) is 9.66. The fraction of sp³-hybridized carbons (Fsp3) is 1.00. The van der Waals surface area contributed by atoms with Gasteiger partial charge in [0, 0.05) is 11.8 Å². The normalized spacial score (nSPS) is 9.00. The predicted octanol–water partition coefficient (Wildman–Crippen LogP) is 4.83. The molecule has 0 spiro atoms. The van der Waals surface area contributed by atoms with E-state index < -0.39 is 0 Å². The van der Waals surface area contributed by atoms with Gasteiger partial charge in [-0.15, -0.1) is 23.2 Å². The Labute approximate surface area is 87.6 Å². The van der Waals surface area contributed by atoms with Crippen LogP contribution in [0.1, 0.15) is 52.4 Å². The first-order valence-electron chi connectivity index (χ1n) is 4.95. The van der Waals surface area contributed by atoms with E-state index in [2.05, 4.69) is 13.8 Å². The standard InChI is InChI=1S/2C5H11Cl/c2*1-2-3-4-5-6/h2*2-5H2,1H3. The van der Waals surface area contributed by atoms with Crippen LogP contribution in [0.5, 0.6) is 0 Å². The van der Waals surface area contributed by atoms with Crippen LogP contribution in [-0.2, 0) is 0 Å². The Balaban J connectivity index is 0. The Morgan fingerprint density at radius 1 is 0.667 bits per heavy atom. The number of unbranched alkanes of at least 4 members (excludes halogenated alkanes) is 4. The summed E-state index contributed by atoms with van der Waals surface area (Å²) in [6, 6.07) is 0. The monoisotopic (exact) mass is 212 g/mol. The van der Waals surface area contributed by atoms with Gasteiger partial charge < -0.3 is 0 Å². The van der Waals surface area contributed by atoms with E-state index in [4.69, 9.17) is 23.2 Å². The second-order valence-electron chi connectivity index (χ2n) is 2.79. The van der Waals surface area contributed by atoms with Crippen molar-refractivity contribution in [3.63, 3.8) is 0 Å². The predicted molar refractivity (Wildman–Crippen MR) is 60.5 cm³/mol. The Morgan fingerprint density at radius 2 is 1.00 bits per heavy atom. The van der Waals surface area contributed by atoms with Gasteiger partial charge in [-0.3, -0.25) is 0 Å². The fourth-order valence-corrected chi connectivity index (χ4v) is 1.07. The van der Waals surface area contributed by atoms with Crippen molar-refractivity contribution >= 4 is 23.2 Å². The van der Waals surface area contributed by atoms with Gasteiger partial charge in [0.2, 0.25) is 0 Å². The molecule has 2 heteroatoms. The van der Waals surface area contributed by atoms with Gasteiger partial charge in [-0.25, -0.2) is 0 Å². The molecule has 0 amide bonds. The van der Waals surface area contributed by atoms with Crippen LogP contribution in [0.4, 0.5) is 0 Å². The molecule has 0 rings (SSSR count). The number of alkyl halides is 2. The summed E-state index contributed by atoms with van der Waals surface area (Å²) in [6.07, 6.45) is 7.46. The van der Waals surface area contributed by atoms with Crippen molar-refractivity contribution in [3.8, 4) is 0 Å². The van der Waals surface area contributed by atoms with Crippen LogP contribution in [0.25, 0.3) is 0 Å². The van der Waals surface area contributed by atoms with E-state index in [-0.39, 0.29) is 0 Å². The molecule has 0 saturated carbocycles. The number of hydrogen-bond acceptors (Lipinski definition) is 0. The van der Waals surface area contributed by atoms with Gasteiger partial charge in [0.1, 0.15) is 0 Å². The quantitative estimate of drug-likeness (QED) is 0.438. The molecular weight excluding hydrogens is 191 g/mol. The molecule has 0 aromatic carbocycles. The van der Waals surface area contributed by atoms with Crippen LogP contribution >= 0.6 is 23.2 Å². The maximum Gasteiger partial charge on any atom is 0.0223 e. The van der Waals surface area contributed by atoms with Crippen molar-refractivity contribution in [2.24, 2.45) is 0 Å². The molecule has 0 aliphatic carbocycles. The summed E-state index contributed by atoms with van der Waals surface area (Å²) in [5.41, 5.74) is 0. The van der Waals surface area contributed by atoms with E-state index in [0.717, 1.165) is 11.8 Å². The van der Waals surface area contributed by atoms with E-state index in [1.54, 1.807) is 0 Å². The molecule has 0 radical (unpaired) electrons. The molecule has 0 bridgehead atoms. The second kappa shape index (κ2) is 17.6. The molecular formula is C10H22Cl2. The van der Waals surface area contributed by atoms with E-state index >= 15 is 0 Å².